The zero-order valence-corrected chi connectivity index (χ0v) is 10.00. The zero-order chi connectivity index (χ0) is 12.3. The molecule has 0 atom stereocenters. The lowest BCUT2D eigenvalue weighted by Gasteiger charge is -2.11. The van der Waals surface area contributed by atoms with Gasteiger partial charge < -0.3 is 9.47 Å². The molecule has 1 aromatic rings. The number of rotatable bonds is 3. The van der Waals surface area contributed by atoms with E-state index in [1.54, 1.807) is 22.6 Å². The molecule has 1 aromatic heterocycles. The van der Waals surface area contributed by atoms with Crippen LogP contribution in [0.2, 0.25) is 0 Å². The van der Waals surface area contributed by atoms with Gasteiger partial charge in [0.05, 0.1) is 22.4 Å². The van der Waals surface area contributed by atoms with E-state index in [9.17, 15) is 18.0 Å². The summed E-state index contributed by atoms with van der Waals surface area (Å²) in [6.07, 6.45) is -3.60. The van der Waals surface area contributed by atoms with Crippen LogP contribution in [0.1, 0.15) is 10.4 Å². The molecule has 4 nitrogen and oxygen atoms in total. The SMILES string of the molecule is COc1cnc(OC(F)(F)F)c(C=O)c1I. The number of pyridine rings is 1. The minimum atomic E-state index is -4.89. The summed E-state index contributed by atoms with van der Waals surface area (Å²) in [7, 11) is 1.32. The first-order valence-electron chi connectivity index (χ1n) is 3.82. The fourth-order valence-corrected chi connectivity index (χ4v) is 1.62. The van der Waals surface area contributed by atoms with Crippen molar-refractivity contribution in [2.45, 2.75) is 6.36 Å². The number of halogens is 4. The summed E-state index contributed by atoms with van der Waals surface area (Å²) in [5.41, 5.74) is -0.294. The van der Waals surface area contributed by atoms with Gasteiger partial charge in [-0.15, -0.1) is 13.2 Å². The number of ether oxygens (including phenoxy) is 2. The molecule has 1 rings (SSSR count). The fraction of sp³-hybridized carbons (Fsp3) is 0.250. The molecule has 0 N–H and O–H groups in total. The number of methoxy groups -OCH3 is 1. The Labute approximate surface area is 102 Å². The second-order valence-electron chi connectivity index (χ2n) is 2.53. The van der Waals surface area contributed by atoms with Crippen molar-refractivity contribution in [1.82, 2.24) is 4.98 Å². The van der Waals surface area contributed by atoms with Gasteiger partial charge in [0.2, 0.25) is 5.88 Å². The monoisotopic (exact) mass is 347 g/mol. The van der Waals surface area contributed by atoms with Crippen molar-refractivity contribution in [3.8, 4) is 11.6 Å². The van der Waals surface area contributed by atoms with E-state index in [0.717, 1.165) is 6.20 Å². The van der Waals surface area contributed by atoms with Gasteiger partial charge in [0.1, 0.15) is 0 Å². The molecule has 16 heavy (non-hydrogen) atoms. The van der Waals surface area contributed by atoms with E-state index >= 15 is 0 Å². The summed E-state index contributed by atoms with van der Waals surface area (Å²) in [4.78, 5) is 14.0. The summed E-state index contributed by atoms with van der Waals surface area (Å²) in [5, 5.41) is 0. The van der Waals surface area contributed by atoms with Gasteiger partial charge in [0.25, 0.3) is 0 Å². The van der Waals surface area contributed by atoms with Crippen molar-refractivity contribution < 1.29 is 27.4 Å². The van der Waals surface area contributed by atoms with Gasteiger partial charge in [-0.2, -0.15) is 0 Å². The maximum absolute atomic E-state index is 12.0. The average Bonchev–Trinajstić information content (AvgIpc) is 2.16. The van der Waals surface area contributed by atoms with Crippen LogP contribution in [0.5, 0.6) is 11.6 Å². The second-order valence-corrected chi connectivity index (χ2v) is 3.60. The van der Waals surface area contributed by atoms with Crippen molar-refractivity contribution in [2.24, 2.45) is 0 Å². The van der Waals surface area contributed by atoms with Gasteiger partial charge in [-0.3, -0.25) is 4.79 Å². The number of nitrogens with zero attached hydrogens (tertiary/aromatic N) is 1. The minimum absolute atomic E-state index is 0.206. The van der Waals surface area contributed by atoms with E-state index in [2.05, 4.69) is 9.72 Å². The highest BCUT2D eigenvalue weighted by molar-refractivity contribution is 14.1. The van der Waals surface area contributed by atoms with Crippen molar-refractivity contribution in [1.29, 1.82) is 0 Å². The highest BCUT2D eigenvalue weighted by Crippen LogP contribution is 2.31. The van der Waals surface area contributed by atoms with Crippen LogP contribution in [-0.4, -0.2) is 24.7 Å². The number of aldehydes is 1. The van der Waals surface area contributed by atoms with Crippen molar-refractivity contribution in [3.05, 3.63) is 15.3 Å². The van der Waals surface area contributed by atoms with Crippen LogP contribution in [0.25, 0.3) is 0 Å². The third-order valence-electron chi connectivity index (χ3n) is 1.53. The number of hydrogen-bond acceptors (Lipinski definition) is 4. The lowest BCUT2D eigenvalue weighted by atomic mass is 10.3. The maximum atomic E-state index is 12.0. The minimum Gasteiger partial charge on any atom is -0.494 e. The number of aromatic nitrogens is 1. The number of alkyl halides is 3. The number of hydrogen-bond donors (Lipinski definition) is 0. The van der Waals surface area contributed by atoms with E-state index in [4.69, 9.17) is 4.74 Å². The molecule has 0 spiro atoms. The Kier molecular flexibility index (Phi) is 3.94. The largest absolute Gasteiger partial charge is 0.574 e. The first kappa shape index (κ1) is 13.0. The standard InChI is InChI=1S/C8H5F3INO3/c1-15-5-2-13-7(16-8(9,10)11)4(3-14)6(5)12/h2-3H,1H3. The molecule has 0 saturated heterocycles. The summed E-state index contributed by atoms with van der Waals surface area (Å²) < 4.78 is 44.5. The molecule has 8 heteroatoms. The van der Waals surface area contributed by atoms with Crippen LogP contribution < -0.4 is 9.47 Å². The molecule has 0 unspecified atom stereocenters. The van der Waals surface area contributed by atoms with Gasteiger partial charge in [-0.05, 0) is 22.6 Å². The predicted molar refractivity (Wildman–Crippen MR) is 55.6 cm³/mol. The smallest absolute Gasteiger partial charge is 0.494 e. The predicted octanol–water partition coefficient (Wildman–Crippen LogP) is 2.41. The molecule has 88 valence electrons. The summed E-state index contributed by atoms with van der Waals surface area (Å²) in [6, 6.07) is 0. The molecule has 0 amide bonds. The third-order valence-corrected chi connectivity index (χ3v) is 2.65. The van der Waals surface area contributed by atoms with E-state index in [1.165, 1.54) is 7.11 Å². The Morgan fingerprint density at radius 1 is 1.50 bits per heavy atom. The Morgan fingerprint density at radius 2 is 2.12 bits per heavy atom. The molecule has 0 fully saturated rings. The van der Waals surface area contributed by atoms with Crippen molar-refractivity contribution in [2.75, 3.05) is 7.11 Å². The molecular formula is C8H5F3INO3. The number of carbonyl (C=O) groups excluding carboxylic acids is 1. The molecule has 0 bridgehead atoms. The number of carbonyl (C=O) groups is 1. The Morgan fingerprint density at radius 3 is 2.56 bits per heavy atom. The highest BCUT2D eigenvalue weighted by atomic mass is 127. The van der Waals surface area contributed by atoms with Crippen LogP contribution in [0.3, 0.4) is 0 Å². The summed E-state index contributed by atoms with van der Waals surface area (Å²) >= 11 is 1.67. The van der Waals surface area contributed by atoms with Gasteiger partial charge in [0, 0.05) is 0 Å². The molecular weight excluding hydrogens is 342 g/mol. The molecule has 0 aromatic carbocycles. The van der Waals surface area contributed by atoms with Gasteiger partial charge in [-0.1, -0.05) is 0 Å². The van der Waals surface area contributed by atoms with E-state index in [-0.39, 0.29) is 21.2 Å². The molecule has 0 saturated carbocycles. The maximum Gasteiger partial charge on any atom is 0.574 e. The van der Waals surface area contributed by atoms with E-state index in [1.807, 2.05) is 0 Å². The van der Waals surface area contributed by atoms with Gasteiger partial charge in [0.15, 0.2) is 12.0 Å². The zero-order valence-electron chi connectivity index (χ0n) is 7.84. The quantitative estimate of drug-likeness (QED) is 0.623. The molecule has 1 heterocycles. The Bertz CT molecular complexity index is 408. The summed E-state index contributed by atoms with van der Waals surface area (Å²) in [6.45, 7) is 0. The van der Waals surface area contributed by atoms with E-state index < -0.39 is 12.2 Å². The summed E-state index contributed by atoms with van der Waals surface area (Å²) in [5.74, 6) is -0.579. The van der Waals surface area contributed by atoms with Crippen molar-refractivity contribution >= 4 is 28.9 Å². The van der Waals surface area contributed by atoms with Gasteiger partial charge >= 0.3 is 6.36 Å². The molecule has 0 radical (unpaired) electrons. The van der Waals surface area contributed by atoms with Crippen LogP contribution in [0, 0.1) is 3.57 Å². The second kappa shape index (κ2) is 4.85. The van der Waals surface area contributed by atoms with Crippen LogP contribution in [0.4, 0.5) is 13.2 Å². The molecule has 0 aliphatic rings. The Hall–Kier alpha value is -1.06. The van der Waals surface area contributed by atoms with Gasteiger partial charge in [-0.25, -0.2) is 4.98 Å². The lowest BCUT2D eigenvalue weighted by Crippen LogP contribution is -2.19. The van der Waals surface area contributed by atoms with E-state index in [0.29, 0.717) is 0 Å². The lowest BCUT2D eigenvalue weighted by molar-refractivity contribution is -0.276. The molecule has 0 aliphatic carbocycles. The average molecular weight is 347 g/mol. The van der Waals surface area contributed by atoms with Crippen LogP contribution in [-0.2, 0) is 0 Å². The fourth-order valence-electron chi connectivity index (χ4n) is 0.905. The topological polar surface area (TPSA) is 48.4 Å². The highest BCUT2D eigenvalue weighted by Gasteiger charge is 2.33. The first-order chi connectivity index (χ1) is 7.39. The van der Waals surface area contributed by atoms with Crippen LogP contribution >= 0.6 is 22.6 Å². The normalized spacial score (nSPS) is 11.1. The first-order valence-corrected chi connectivity index (χ1v) is 4.90. The van der Waals surface area contributed by atoms with Crippen LogP contribution in [0.15, 0.2) is 6.20 Å². The Balaban J connectivity index is 3.21. The molecule has 0 aliphatic heterocycles. The third kappa shape index (κ3) is 2.97. The van der Waals surface area contributed by atoms with Crippen molar-refractivity contribution in [3.63, 3.8) is 0 Å².